The first-order valence-corrected chi connectivity index (χ1v) is 7.26. The maximum absolute atomic E-state index is 12.0. The lowest BCUT2D eigenvalue weighted by molar-refractivity contribution is -0.119. The van der Waals surface area contributed by atoms with E-state index < -0.39 is 0 Å². The molecule has 0 fully saturated rings. The third-order valence-electron chi connectivity index (χ3n) is 2.97. The van der Waals surface area contributed by atoms with Crippen molar-refractivity contribution >= 4 is 11.6 Å². The van der Waals surface area contributed by atoms with Gasteiger partial charge in [-0.15, -0.1) is 0 Å². The summed E-state index contributed by atoms with van der Waals surface area (Å²) in [6, 6.07) is 7.51. The molecule has 0 aromatic heterocycles. The van der Waals surface area contributed by atoms with Crippen LogP contribution in [0, 0.1) is 11.8 Å². The van der Waals surface area contributed by atoms with E-state index in [4.69, 9.17) is 10.5 Å². The Morgan fingerprint density at radius 3 is 2.75 bits per heavy atom. The van der Waals surface area contributed by atoms with Crippen LogP contribution in [0.2, 0.25) is 0 Å². The van der Waals surface area contributed by atoms with E-state index in [1.165, 1.54) is 0 Å². The van der Waals surface area contributed by atoms with Crippen LogP contribution in [0.1, 0.15) is 33.6 Å². The molecule has 4 nitrogen and oxygen atoms in total. The second-order valence-corrected chi connectivity index (χ2v) is 5.55. The lowest BCUT2D eigenvalue weighted by Crippen LogP contribution is -2.21. The zero-order chi connectivity index (χ0) is 15.0. The van der Waals surface area contributed by atoms with Gasteiger partial charge in [-0.25, -0.2) is 0 Å². The van der Waals surface area contributed by atoms with Crippen molar-refractivity contribution in [2.24, 2.45) is 17.6 Å². The fourth-order valence-corrected chi connectivity index (χ4v) is 1.75. The second kappa shape index (κ2) is 8.59. The van der Waals surface area contributed by atoms with E-state index in [1.54, 1.807) is 0 Å². The Hall–Kier alpha value is -1.55. The van der Waals surface area contributed by atoms with Gasteiger partial charge in [-0.3, -0.25) is 4.79 Å². The van der Waals surface area contributed by atoms with Crippen LogP contribution in [0.3, 0.4) is 0 Å². The zero-order valence-electron chi connectivity index (χ0n) is 12.7. The van der Waals surface area contributed by atoms with Gasteiger partial charge in [-0.2, -0.15) is 0 Å². The van der Waals surface area contributed by atoms with E-state index in [9.17, 15) is 4.79 Å². The minimum Gasteiger partial charge on any atom is -0.493 e. The van der Waals surface area contributed by atoms with Gasteiger partial charge in [0, 0.05) is 17.7 Å². The average Bonchev–Trinajstić information content (AvgIpc) is 2.42. The normalized spacial score (nSPS) is 12.2. The molecule has 0 radical (unpaired) electrons. The predicted molar refractivity (Wildman–Crippen MR) is 82.9 cm³/mol. The number of carbonyl (C=O) groups is 1. The minimum absolute atomic E-state index is 0.0273. The summed E-state index contributed by atoms with van der Waals surface area (Å²) in [5.74, 6) is 1.26. The molecule has 0 saturated carbocycles. The smallest absolute Gasteiger partial charge is 0.227 e. The number of hydrogen-bond donors (Lipinski definition) is 2. The maximum atomic E-state index is 12.0. The van der Waals surface area contributed by atoms with Crippen molar-refractivity contribution in [3.05, 3.63) is 24.3 Å². The summed E-state index contributed by atoms with van der Waals surface area (Å²) in [6.45, 7) is 7.42. The molecule has 1 rings (SSSR count). The fourth-order valence-electron chi connectivity index (χ4n) is 1.75. The van der Waals surface area contributed by atoms with Crippen LogP contribution in [-0.4, -0.2) is 19.1 Å². The van der Waals surface area contributed by atoms with Gasteiger partial charge >= 0.3 is 0 Å². The van der Waals surface area contributed by atoms with Crippen LogP contribution in [-0.2, 0) is 4.79 Å². The van der Waals surface area contributed by atoms with Crippen LogP contribution >= 0.6 is 0 Å². The van der Waals surface area contributed by atoms with Gasteiger partial charge in [0.15, 0.2) is 0 Å². The highest BCUT2D eigenvalue weighted by atomic mass is 16.5. The minimum atomic E-state index is -0.0289. The number of amides is 1. The van der Waals surface area contributed by atoms with Crippen LogP contribution < -0.4 is 15.8 Å². The molecule has 0 aliphatic carbocycles. The molecular weight excluding hydrogens is 252 g/mol. The summed E-state index contributed by atoms with van der Waals surface area (Å²) >= 11 is 0. The van der Waals surface area contributed by atoms with Crippen molar-refractivity contribution in [2.75, 3.05) is 18.5 Å². The van der Waals surface area contributed by atoms with E-state index in [0.29, 0.717) is 19.1 Å². The Labute approximate surface area is 121 Å². The Balaban J connectivity index is 2.54. The quantitative estimate of drug-likeness (QED) is 0.768. The first kappa shape index (κ1) is 16.5. The monoisotopic (exact) mass is 278 g/mol. The molecule has 1 aromatic carbocycles. The van der Waals surface area contributed by atoms with Gasteiger partial charge in [-0.05, 0) is 37.4 Å². The van der Waals surface area contributed by atoms with Crippen molar-refractivity contribution in [1.82, 2.24) is 0 Å². The molecule has 0 aliphatic heterocycles. The molecule has 112 valence electrons. The first-order chi connectivity index (χ1) is 9.52. The molecule has 1 atom stereocenters. The van der Waals surface area contributed by atoms with Crippen LogP contribution in [0.15, 0.2) is 24.3 Å². The highest BCUT2D eigenvalue weighted by Crippen LogP contribution is 2.19. The summed E-state index contributed by atoms with van der Waals surface area (Å²) in [7, 11) is 0. The van der Waals surface area contributed by atoms with E-state index in [-0.39, 0.29) is 11.8 Å². The van der Waals surface area contributed by atoms with Crippen LogP contribution in [0.5, 0.6) is 5.75 Å². The average molecular weight is 278 g/mol. The van der Waals surface area contributed by atoms with Crippen molar-refractivity contribution in [2.45, 2.75) is 33.6 Å². The lowest BCUT2D eigenvalue weighted by atomic mass is 10.0. The first-order valence-electron chi connectivity index (χ1n) is 7.26. The topological polar surface area (TPSA) is 64.3 Å². The van der Waals surface area contributed by atoms with Crippen molar-refractivity contribution < 1.29 is 9.53 Å². The Morgan fingerprint density at radius 1 is 1.35 bits per heavy atom. The van der Waals surface area contributed by atoms with Gasteiger partial charge in [0.1, 0.15) is 5.75 Å². The van der Waals surface area contributed by atoms with Gasteiger partial charge < -0.3 is 15.8 Å². The lowest BCUT2D eigenvalue weighted by Gasteiger charge is -2.13. The molecule has 3 N–H and O–H groups in total. The molecule has 0 aliphatic rings. The molecule has 1 amide bonds. The number of anilines is 1. The van der Waals surface area contributed by atoms with Gasteiger partial charge in [-0.1, -0.05) is 26.8 Å². The van der Waals surface area contributed by atoms with Crippen molar-refractivity contribution in [3.63, 3.8) is 0 Å². The van der Waals surface area contributed by atoms with Gasteiger partial charge in [0.05, 0.1) is 6.61 Å². The summed E-state index contributed by atoms with van der Waals surface area (Å²) in [5, 5.41) is 2.92. The van der Waals surface area contributed by atoms with Crippen molar-refractivity contribution in [3.8, 4) is 5.75 Å². The van der Waals surface area contributed by atoms with Gasteiger partial charge in [0.25, 0.3) is 0 Å². The third kappa shape index (κ3) is 6.06. The predicted octanol–water partition coefficient (Wildman–Crippen LogP) is 3.03. The fraction of sp³-hybridized carbons (Fsp3) is 0.562. The number of nitrogens with two attached hydrogens (primary N) is 1. The molecule has 20 heavy (non-hydrogen) atoms. The number of ether oxygens (including phenoxy) is 1. The number of carbonyl (C=O) groups excluding carboxylic acids is 1. The summed E-state index contributed by atoms with van der Waals surface area (Å²) in [5.41, 5.74) is 6.23. The number of rotatable bonds is 8. The second-order valence-electron chi connectivity index (χ2n) is 5.55. The van der Waals surface area contributed by atoms with Crippen molar-refractivity contribution in [1.29, 1.82) is 0 Å². The van der Waals surface area contributed by atoms with Gasteiger partial charge in [0.2, 0.25) is 5.91 Å². The van der Waals surface area contributed by atoms with Crippen LogP contribution in [0.4, 0.5) is 5.69 Å². The molecule has 0 bridgehead atoms. The Morgan fingerprint density at radius 2 is 2.10 bits per heavy atom. The molecule has 0 saturated heterocycles. The number of benzene rings is 1. The zero-order valence-corrected chi connectivity index (χ0v) is 12.7. The molecular formula is C16H26N2O2. The van der Waals surface area contributed by atoms with E-state index in [0.717, 1.165) is 24.3 Å². The molecule has 1 unspecified atom stereocenters. The summed E-state index contributed by atoms with van der Waals surface area (Å²) in [4.78, 5) is 12.0. The highest BCUT2D eigenvalue weighted by Gasteiger charge is 2.12. The Bertz CT molecular complexity index is 419. The van der Waals surface area contributed by atoms with Crippen LogP contribution in [0.25, 0.3) is 0 Å². The standard InChI is InChI=1S/C16H26N2O2/c1-12(2)11-20-15-8-4-7-14(10-15)18-16(19)13(3)6-5-9-17/h4,7-8,10,12-13H,5-6,9,11,17H2,1-3H3,(H,18,19). The molecule has 0 heterocycles. The Kier molecular flexibility index (Phi) is 7.09. The molecule has 4 heteroatoms. The highest BCUT2D eigenvalue weighted by molar-refractivity contribution is 5.92. The molecule has 1 aromatic rings. The van der Waals surface area contributed by atoms with E-state index in [1.807, 2.05) is 31.2 Å². The summed E-state index contributed by atoms with van der Waals surface area (Å²) in [6.07, 6.45) is 1.68. The number of hydrogen-bond acceptors (Lipinski definition) is 3. The SMILES string of the molecule is CC(C)COc1cccc(NC(=O)C(C)CCCN)c1. The third-order valence-corrected chi connectivity index (χ3v) is 2.97. The molecule has 0 spiro atoms. The summed E-state index contributed by atoms with van der Waals surface area (Å²) < 4.78 is 5.65. The largest absolute Gasteiger partial charge is 0.493 e. The van der Waals surface area contributed by atoms with E-state index >= 15 is 0 Å². The maximum Gasteiger partial charge on any atom is 0.227 e. The van der Waals surface area contributed by atoms with E-state index in [2.05, 4.69) is 19.2 Å². The number of nitrogens with one attached hydrogen (secondary N) is 1.